The summed E-state index contributed by atoms with van der Waals surface area (Å²) in [5.74, 6) is -0.810. The van der Waals surface area contributed by atoms with E-state index in [2.05, 4.69) is 6.92 Å². The molecule has 35 heavy (non-hydrogen) atoms. The Morgan fingerprint density at radius 1 is 0.800 bits per heavy atom. The van der Waals surface area contributed by atoms with Gasteiger partial charge in [-0.15, -0.1) is 0 Å². The van der Waals surface area contributed by atoms with Gasteiger partial charge in [0.05, 0.1) is 27.7 Å². The van der Waals surface area contributed by atoms with Gasteiger partial charge < -0.3 is 27.9 Å². The van der Waals surface area contributed by atoms with Gasteiger partial charge in [0.1, 0.15) is 19.8 Å². The Kier molecular flexibility index (Phi) is 21.9. The molecule has 0 saturated carbocycles. The zero-order chi connectivity index (χ0) is 26.4. The Hall–Kier alpha value is -0.790. The smallest absolute Gasteiger partial charge is 0.330 e. The third kappa shape index (κ3) is 26.1. The van der Waals surface area contributed by atoms with E-state index in [-0.39, 0.29) is 19.2 Å². The van der Waals surface area contributed by atoms with Crippen LogP contribution in [0.25, 0.3) is 0 Å². The van der Waals surface area contributed by atoms with Crippen molar-refractivity contribution in [3.05, 3.63) is 0 Å². The van der Waals surface area contributed by atoms with E-state index >= 15 is 0 Å². The van der Waals surface area contributed by atoms with Crippen LogP contribution in [-0.2, 0) is 28.1 Å². The van der Waals surface area contributed by atoms with Gasteiger partial charge in [-0.3, -0.25) is 9.59 Å². The van der Waals surface area contributed by atoms with Crippen LogP contribution in [0.3, 0.4) is 0 Å². The quantitative estimate of drug-likeness (QED) is 0.0730. The molecule has 0 amide bonds. The van der Waals surface area contributed by atoms with Crippen LogP contribution in [0.4, 0.5) is 0 Å². The van der Waals surface area contributed by atoms with Gasteiger partial charge in [-0.05, 0) is 6.42 Å². The lowest BCUT2D eigenvalue weighted by molar-refractivity contribution is -0.870. The Labute approximate surface area is 215 Å². The molecule has 0 bridgehead atoms. The maximum Gasteiger partial charge on any atom is 0.330 e. The monoisotopic (exact) mass is 522 g/mol. The Balaban J connectivity index is 3.81. The SMILES string of the molecule is CCCCCCCCCCCCCCCC(=O)OCC(COP(O)OCC[N+](C)(C)C)OC(C)=O. The number of hydrogen-bond donors (Lipinski definition) is 1. The fourth-order valence-corrected chi connectivity index (χ4v) is 4.08. The molecule has 0 aromatic rings. The number of carbonyl (C=O) groups excluding carboxylic acids is 2. The van der Waals surface area contributed by atoms with Gasteiger partial charge in [0, 0.05) is 13.3 Å². The summed E-state index contributed by atoms with van der Waals surface area (Å²) < 4.78 is 21.6. The number of unbranched alkanes of at least 4 members (excludes halogenated alkanes) is 12. The summed E-state index contributed by atoms with van der Waals surface area (Å²) in [6.07, 6.45) is 15.8. The van der Waals surface area contributed by atoms with Crippen molar-refractivity contribution in [3.63, 3.8) is 0 Å². The minimum Gasteiger partial charge on any atom is -0.462 e. The van der Waals surface area contributed by atoms with Crippen LogP contribution in [0.5, 0.6) is 0 Å². The molecule has 0 aromatic carbocycles. The van der Waals surface area contributed by atoms with Crippen molar-refractivity contribution >= 4 is 20.5 Å². The van der Waals surface area contributed by atoms with Crippen LogP contribution in [0.15, 0.2) is 0 Å². The van der Waals surface area contributed by atoms with E-state index < -0.39 is 20.7 Å². The van der Waals surface area contributed by atoms with E-state index in [1.165, 1.54) is 71.1 Å². The number of quaternary nitrogens is 1. The normalized spacial score (nSPS) is 13.4. The summed E-state index contributed by atoms with van der Waals surface area (Å²) >= 11 is 0. The molecule has 0 saturated heterocycles. The Bertz CT molecular complexity index is 528. The molecule has 0 radical (unpaired) electrons. The molecule has 0 heterocycles. The average Bonchev–Trinajstić information content (AvgIpc) is 2.77. The standard InChI is InChI=1S/C26H53NO7P/c1-6-7-8-9-10-11-12-13-14-15-16-17-18-19-26(29)31-22-25(34-24(2)28)23-33-35(30)32-21-20-27(3,4)5/h25,30H,6-23H2,1-5H3/q+1. The van der Waals surface area contributed by atoms with Gasteiger partial charge in [-0.2, -0.15) is 0 Å². The fraction of sp³-hybridized carbons (Fsp3) is 0.923. The third-order valence-corrected chi connectivity index (χ3v) is 6.36. The van der Waals surface area contributed by atoms with E-state index in [0.29, 0.717) is 24.1 Å². The summed E-state index contributed by atoms with van der Waals surface area (Å²) in [5, 5.41) is 0. The first-order chi connectivity index (χ1) is 16.6. The first kappa shape index (κ1) is 34.2. The van der Waals surface area contributed by atoms with E-state index in [4.69, 9.17) is 18.5 Å². The van der Waals surface area contributed by atoms with Crippen molar-refractivity contribution in [1.82, 2.24) is 0 Å². The first-order valence-electron chi connectivity index (χ1n) is 13.5. The van der Waals surface area contributed by atoms with Gasteiger partial charge in [0.2, 0.25) is 0 Å². The van der Waals surface area contributed by atoms with Crippen molar-refractivity contribution in [3.8, 4) is 0 Å². The number of likely N-dealkylation sites (N-methyl/N-ethyl adjacent to an activating group) is 1. The summed E-state index contributed by atoms with van der Waals surface area (Å²) in [6, 6.07) is 0. The molecule has 0 fully saturated rings. The van der Waals surface area contributed by atoms with Crippen molar-refractivity contribution in [2.75, 3.05) is 47.5 Å². The van der Waals surface area contributed by atoms with E-state index in [0.717, 1.165) is 19.3 Å². The predicted octanol–water partition coefficient (Wildman–Crippen LogP) is 5.90. The van der Waals surface area contributed by atoms with E-state index in [1.54, 1.807) is 0 Å². The zero-order valence-electron chi connectivity index (χ0n) is 23.1. The van der Waals surface area contributed by atoms with Gasteiger partial charge in [0.25, 0.3) is 0 Å². The number of hydrogen-bond acceptors (Lipinski definition) is 7. The molecule has 0 aromatic heterocycles. The summed E-state index contributed by atoms with van der Waals surface area (Å²) in [5.41, 5.74) is 0. The molecule has 0 aliphatic rings. The molecular weight excluding hydrogens is 469 g/mol. The van der Waals surface area contributed by atoms with Crippen LogP contribution in [0.1, 0.15) is 104 Å². The maximum atomic E-state index is 12.0. The highest BCUT2D eigenvalue weighted by molar-refractivity contribution is 7.40. The van der Waals surface area contributed by atoms with Gasteiger partial charge in [-0.25, -0.2) is 0 Å². The molecule has 8 nitrogen and oxygen atoms in total. The molecular formula is C26H53NO7P+. The van der Waals surface area contributed by atoms with Gasteiger partial charge in [0.15, 0.2) is 6.10 Å². The van der Waals surface area contributed by atoms with Crippen LogP contribution in [0, 0.1) is 0 Å². The van der Waals surface area contributed by atoms with Crippen molar-refractivity contribution in [2.24, 2.45) is 0 Å². The number of rotatable bonds is 24. The molecule has 0 aliphatic carbocycles. The van der Waals surface area contributed by atoms with Crippen LogP contribution >= 0.6 is 8.60 Å². The molecule has 0 rings (SSSR count). The summed E-state index contributed by atoms with van der Waals surface area (Å²) in [7, 11) is 3.98. The fourth-order valence-electron chi connectivity index (χ4n) is 3.47. The lowest BCUT2D eigenvalue weighted by Gasteiger charge is -2.24. The van der Waals surface area contributed by atoms with Crippen LogP contribution in [0.2, 0.25) is 0 Å². The molecule has 0 spiro atoms. The van der Waals surface area contributed by atoms with E-state index in [1.807, 2.05) is 21.1 Å². The molecule has 2 atom stereocenters. The second-order valence-electron chi connectivity index (χ2n) is 10.3. The number of carbonyl (C=O) groups is 2. The largest absolute Gasteiger partial charge is 0.462 e. The highest BCUT2D eigenvalue weighted by Gasteiger charge is 2.19. The second kappa shape index (κ2) is 22.4. The van der Waals surface area contributed by atoms with Crippen LogP contribution in [-0.4, -0.2) is 74.9 Å². The predicted molar refractivity (Wildman–Crippen MR) is 141 cm³/mol. The molecule has 1 N–H and O–H groups in total. The topological polar surface area (TPSA) is 91.3 Å². The highest BCUT2D eigenvalue weighted by atomic mass is 31.2. The highest BCUT2D eigenvalue weighted by Crippen LogP contribution is 2.32. The van der Waals surface area contributed by atoms with Crippen molar-refractivity contribution in [1.29, 1.82) is 0 Å². The van der Waals surface area contributed by atoms with Crippen molar-refractivity contribution in [2.45, 2.75) is 110 Å². The molecule has 9 heteroatoms. The lowest BCUT2D eigenvalue weighted by atomic mass is 10.0. The third-order valence-electron chi connectivity index (χ3n) is 5.58. The number of nitrogens with zero attached hydrogens (tertiary/aromatic N) is 1. The van der Waals surface area contributed by atoms with Crippen molar-refractivity contribution < 1.29 is 37.5 Å². The van der Waals surface area contributed by atoms with Gasteiger partial charge in [-0.1, -0.05) is 84.0 Å². The minimum atomic E-state index is -2.08. The Morgan fingerprint density at radius 2 is 1.31 bits per heavy atom. The molecule has 208 valence electrons. The van der Waals surface area contributed by atoms with Gasteiger partial charge >= 0.3 is 20.5 Å². The maximum absolute atomic E-state index is 12.0. The Morgan fingerprint density at radius 3 is 1.80 bits per heavy atom. The second-order valence-corrected chi connectivity index (χ2v) is 11.3. The molecule has 2 unspecified atom stereocenters. The first-order valence-corrected chi connectivity index (χ1v) is 14.6. The molecule has 0 aliphatic heterocycles. The summed E-state index contributed by atoms with van der Waals surface area (Å²) in [4.78, 5) is 33.2. The number of ether oxygens (including phenoxy) is 2. The lowest BCUT2D eigenvalue weighted by Crippen LogP contribution is -2.37. The minimum absolute atomic E-state index is 0.0983. The number of esters is 2. The van der Waals surface area contributed by atoms with E-state index in [9.17, 15) is 14.5 Å². The average molecular weight is 523 g/mol. The van der Waals surface area contributed by atoms with Crippen LogP contribution < -0.4 is 0 Å². The summed E-state index contributed by atoms with van der Waals surface area (Å²) in [6.45, 7) is 4.39. The zero-order valence-corrected chi connectivity index (χ0v) is 24.0.